The normalized spacial score (nSPS) is 52.1. The largest absolute Gasteiger partial charge is 0.481 e. The van der Waals surface area contributed by atoms with Crippen LogP contribution in [0.2, 0.25) is 0 Å². The summed E-state index contributed by atoms with van der Waals surface area (Å²) in [5.74, 6) is 1.38. The number of carboxylic acids is 1. The van der Waals surface area contributed by atoms with Crippen molar-refractivity contribution in [2.45, 2.75) is 71.3 Å². The van der Waals surface area contributed by atoms with Gasteiger partial charge in [0.25, 0.3) is 0 Å². The minimum Gasteiger partial charge on any atom is -0.481 e. The first-order valence-corrected chi connectivity index (χ1v) is 9.38. The number of fused-ring (bicyclic) bond motifs is 5. The van der Waals surface area contributed by atoms with Crippen LogP contribution in [0.3, 0.4) is 0 Å². The molecule has 4 heteroatoms. The first-order chi connectivity index (χ1) is 10.9. The van der Waals surface area contributed by atoms with E-state index in [1.165, 1.54) is 0 Å². The van der Waals surface area contributed by atoms with E-state index in [0.29, 0.717) is 30.2 Å². The molecule has 4 aliphatic rings. The Morgan fingerprint density at radius 3 is 2.52 bits per heavy atom. The molecule has 0 bridgehead atoms. The molecule has 0 aromatic rings. The summed E-state index contributed by atoms with van der Waals surface area (Å²) in [7, 11) is 0. The van der Waals surface area contributed by atoms with Crippen molar-refractivity contribution in [2.75, 3.05) is 0 Å². The van der Waals surface area contributed by atoms with E-state index in [2.05, 4.69) is 19.2 Å². The van der Waals surface area contributed by atoms with Gasteiger partial charge in [-0.2, -0.15) is 0 Å². The van der Waals surface area contributed by atoms with E-state index in [9.17, 15) is 14.7 Å². The average Bonchev–Trinajstić information content (AvgIpc) is 2.85. The van der Waals surface area contributed by atoms with Gasteiger partial charge in [-0.3, -0.25) is 9.59 Å². The monoisotopic (exact) mass is 319 g/mol. The summed E-state index contributed by atoms with van der Waals surface area (Å²) in [4.78, 5) is 23.5. The van der Waals surface area contributed by atoms with Crippen LogP contribution < -0.4 is 5.32 Å². The Morgan fingerprint density at radius 2 is 1.78 bits per heavy atom. The Labute approximate surface area is 138 Å². The van der Waals surface area contributed by atoms with Crippen molar-refractivity contribution in [2.24, 2.45) is 34.5 Å². The molecule has 2 N–H and O–H groups in total. The third-order valence-corrected chi connectivity index (χ3v) is 8.39. The van der Waals surface area contributed by atoms with Gasteiger partial charge in [-0.1, -0.05) is 13.8 Å². The molecule has 128 valence electrons. The zero-order valence-corrected chi connectivity index (χ0v) is 14.3. The second-order valence-electron chi connectivity index (χ2n) is 9.09. The zero-order chi connectivity index (χ0) is 16.4. The van der Waals surface area contributed by atoms with Crippen LogP contribution >= 0.6 is 0 Å². The molecule has 0 radical (unpaired) electrons. The molecule has 1 amide bonds. The summed E-state index contributed by atoms with van der Waals surface area (Å²) in [5, 5.41) is 12.9. The summed E-state index contributed by atoms with van der Waals surface area (Å²) in [6.45, 7) is 4.64. The Balaban J connectivity index is 1.63. The number of amides is 1. The van der Waals surface area contributed by atoms with Crippen LogP contribution in [0.5, 0.6) is 0 Å². The van der Waals surface area contributed by atoms with Crippen LogP contribution in [-0.2, 0) is 9.59 Å². The van der Waals surface area contributed by atoms with Gasteiger partial charge in [0.15, 0.2) is 0 Å². The molecule has 3 saturated carbocycles. The highest BCUT2D eigenvalue weighted by Gasteiger charge is 2.61. The Bertz CT molecular complexity index is 547. The van der Waals surface area contributed by atoms with E-state index < -0.39 is 5.97 Å². The van der Waals surface area contributed by atoms with Gasteiger partial charge in [0.1, 0.15) is 0 Å². The third-order valence-electron chi connectivity index (χ3n) is 8.39. The number of aliphatic carboxylic acids is 1. The summed E-state index contributed by atoms with van der Waals surface area (Å²) in [6.07, 6.45) is 8.05. The van der Waals surface area contributed by atoms with Crippen molar-refractivity contribution in [3.63, 3.8) is 0 Å². The van der Waals surface area contributed by atoms with Crippen molar-refractivity contribution in [3.8, 4) is 0 Å². The van der Waals surface area contributed by atoms with Crippen molar-refractivity contribution in [3.05, 3.63) is 0 Å². The van der Waals surface area contributed by atoms with Crippen LogP contribution in [0.4, 0.5) is 0 Å². The van der Waals surface area contributed by atoms with Crippen molar-refractivity contribution in [1.82, 2.24) is 5.32 Å². The van der Waals surface area contributed by atoms with Crippen molar-refractivity contribution in [1.29, 1.82) is 0 Å². The fourth-order valence-corrected chi connectivity index (χ4v) is 7.11. The number of hydrogen-bond acceptors (Lipinski definition) is 2. The molecule has 4 nitrogen and oxygen atoms in total. The summed E-state index contributed by atoms with van der Waals surface area (Å²) in [5.41, 5.74) is 0.216. The number of carbonyl (C=O) groups excluding carboxylic acids is 1. The van der Waals surface area contributed by atoms with E-state index in [-0.39, 0.29) is 22.7 Å². The van der Waals surface area contributed by atoms with E-state index in [1.54, 1.807) is 0 Å². The second-order valence-corrected chi connectivity index (χ2v) is 9.09. The molecule has 1 saturated heterocycles. The van der Waals surface area contributed by atoms with Gasteiger partial charge in [-0.05, 0) is 73.5 Å². The molecule has 1 unspecified atom stereocenters. The zero-order valence-electron chi connectivity index (χ0n) is 14.3. The maximum atomic E-state index is 11.8. The molecule has 0 aromatic carbocycles. The fraction of sp³-hybridized carbons (Fsp3) is 0.895. The fourth-order valence-electron chi connectivity index (χ4n) is 7.11. The molecule has 4 fully saturated rings. The van der Waals surface area contributed by atoms with Crippen LogP contribution in [0.15, 0.2) is 0 Å². The van der Waals surface area contributed by atoms with Gasteiger partial charge in [0.2, 0.25) is 5.91 Å². The smallest absolute Gasteiger partial charge is 0.307 e. The molecule has 4 rings (SSSR count). The number of rotatable bonds is 1. The van der Waals surface area contributed by atoms with Crippen LogP contribution in [-0.4, -0.2) is 23.0 Å². The molecule has 0 aromatic heterocycles. The molecule has 1 heterocycles. The minimum absolute atomic E-state index is 0.00584. The third kappa shape index (κ3) is 2.02. The highest BCUT2D eigenvalue weighted by atomic mass is 16.4. The summed E-state index contributed by atoms with van der Waals surface area (Å²) >= 11 is 0. The van der Waals surface area contributed by atoms with Gasteiger partial charge >= 0.3 is 5.97 Å². The Morgan fingerprint density at radius 1 is 1.04 bits per heavy atom. The Hall–Kier alpha value is -1.06. The topological polar surface area (TPSA) is 66.4 Å². The van der Waals surface area contributed by atoms with Crippen LogP contribution in [0.25, 0.3) is 0 Å². The number of piperidine rings is 1. The van der Waals surface area contributed by atoms with E-state index in [4.69, 9.17) is 0 Å². The van der Waals surface area contributed by atoms with Gasteiger partial charge in [-0.25, -0.2) is 0 Å². The van der Waals surface area contributed by atoms with Gasteiger partial charge in [0.05, 0.1) is 5.92 Å². The van der Waals surface area contributed by atoms with Crippen molar-refractivity contribution < 1.29 is 14.7 Å². The lowest BCUT2D eigenvalue weighted by Gasteiger charge is -2.60. The first kappa shape index (κ1) is 15.5. The van der Waals surface area contributed by atoms with Gasteiger partial charge in [0, 0.05) is 12.5 Å². The molecule has 3 aliphatic carbocycles. The lowest BCUT2D eigenvalue weighted by atomic mass is 9.47. The van der Waals surface area contributed by atoms with E-state index >= 15 is 0 Å². The quantitative estimate of drug-likeness (QED) is 0.780. The lowest BCUT2D eigenvalue weighted by molar-refractivity contribution is -0.152. The first-order valence-electron chi connectivity index (χ1n) is 9.38. The predicted octanol–water partition coefficient (Wildman–Crippen LogP) is 3.21. The lowest BCUT2D eigenvalue weighted by Crippen LogP contribution is -2.61. The minimum atomic E-state index is -0.585. The van der Waals surface area contributed by atoms with Gasteiger partial charge in [-0.15, -0.1) is 0 Å². The van der Waals surface area contributed by atoms with Crippen molar-refractivity contribution >= 4 is 11.9 Å². The molecule has 1 aliphatic heterocycles. The second kappa shape index (κ2) is 4.97. The molecular formula is C19H29NO3. The molecule has 0 spiro atoms. The standard InChI is InChI=1S/C19H29NO3/c1-18-9-7-13-11(12(18)4-5-14(18)17(22)23)3-6-15-19(13,2)10-8-16(21)20-15/h11-15H,3-10H2,1-2H3,(H,20,21)(H,22,23)/t11-,12-,13-,14?,15+,18-,19+/m0/s1. The Kier molecular flexibility index (Phi) is 3.34. The van der Waals surface area contributed by atoms with E-state index in [1.807, 2.05) is 0 Å². The summed E-state index contributed by atoms with van der Waals surface area (Å²) in [6, 6.07) is 0.339. The predicted molar refractivity (Wildman–Crippen MR) is 86.7 cm³/mol. The number of nitrogens with one attached hydrogen (secondary N) is 1. The highest BCUT2D eigenvalue weighted by Crippen LogP contribution is 2.65. The highest BCUT2D eigenvalue weighted by molar-refractivity contribution is 5.77. The molecular weight excluding hydrogens is 290 g/mol. The maximum Gasteiger partial charge on any atom is 0.307 e. The molecule has 23 heavy (non-hydrogen) atoms. The van der Waals surface area contributed by atoms with E-state index in [0.717, 1.165) is 44.9 Å². The number of carbonyl (C=O) groups is 2. The maximum absolute atomic E-state index is 11.8. The molecule has 7 atom stereocenters. The number of hydrogen-bond donors (Lipinski definition) is 2. The number of carboxylic acid groups (broad SMARTS) is 1. The average molecular weight is 319 g/mol. The van der Waals surface area contributed by atoms with Crippen LogP contribution in [0, 0.1) is 34.5 Å². The SMILES string of the molecule is C[C@]12CCC(=O)N[C@@H]1CC[C@@H]1[C@@H]2CC[C@]2(C)C(C(=O)O)CC[C@@H]12. The summed E-state index contributed by atoms with van der Waals surface area (Å²) < 4.78 is 0. The van der Waals surface area contributed by atoms with Crippen LogP contribution in [0.1, 0.15) is 65.2 Å². The van der Waals surface area contributed by atoms with Gasteiger partial charge < -0.3 is 10.4 Å².